The highest BCUT2D eigenvalue weighted by molar-refractivity contribution is 4.93. The lowest BCUT2D eigenvalue weighted by molar-refractivity contribution is 0.410. The highest BCUT2D eigenvalue weighted by Gasteiger charge is 2.10. The third-order valence-electron chi connectivity index (χ3n) is 2.58. The number of aromatic nitrogens is 2. The SMILES string of the molecule is CCCCCn1ccnc1CNC(C)(C)C. The van der Waals surface area contributed by atoms with Crippen LogP contribution in [0, 0.1) is 0 Å². The van der Waals surface area contributed by atoms with Crippen molar-refractivity contribution in [3.8, 4) is 0 Å². The summed E-state index contributed by atoms with van der Waals surface area (Å²) < 4.78 is 2.26. The molecular formula is C13H25N3. The Bertz CT molecular complexity index is 296. The molecule has 0 saturated heterocycles. The van der Waals surface area contributed by atoms with Crippen molar-refractivity contribution in [1.29, 1.82) is 0 Å². The average molecular weight is 223 g/mol. The number of aryl methyl sites for hydroxylation is 1. The van der Waals surface area contributed by atoms with Gasteiger partial charge >= 0.3 is 0 Å². The lowest BCUT2D eigenvalue weighted by Crippen LogP contribution is -2.35. The van der Waals surface area contributed by atoms with Crippen LogP contribution in [-0.4, -0.2) is 15.1 Å². The van der Waals surface area contributed by atoms with E-state index in [4.69, 9.17) is 0 Å². The number of unbranched alkanes of at least 4 members (excludes halogenated alkanes) is 2. The summed E-state index contributed by atoms with van der Waals surface area (Å²) in [7, 11) is 0. The number of hydrogen-bond donors (Lipinski definition) is 1. The van der Waals surface area contributed by atoms with Gasteiger partial charge in [0.2, 0.25) is 0 Å². The van der Waals surface area contributed by atoms with Crippen molar-refractivity contribution in [2.24, 2.45) is 0 Å². The van der Waals surface area contributed by atoms with Crippen molar-refractivity contribution in [2.75, 3.05) is 0 Å². The Morgan fingerprint density at radius 1 is 1.31 bits per heavy atom. The lowest BCUT2D eigenvalue weighted by Gasteiger charge is -2.20. The molecule has 0 aliphatic carbocycles. The number of rotatable bonds is 6. The summed E-state index contributed by atoms with van der Waals surface area (Å²) in [4.78, 5) is 4.40. The van der Waals surface area contributed by atoms with Crippen LogP contribution in [0.2, 0.25) is 0 Å². The molecule has 92 valence electrons. The average Bonchev–Trinajstić information content (AvgIpc) is 2.62. The van der Waals surface area contributed by atoms with Crippen molar-refractivity contribution in [3.05, 3.63) is 18.2 Å². The molecule has 0 aromatic carbocycles. The van der Waals surface area contributed by atoms with Crippen LogP contribution in [0.5, 0.6) is 0 Å². The normalized spacial score (nSPS) is 12.0. The van der Waals surface area contributed by atoms with Crippen LogP contribution in [0.25, 0.3) is 0 Å². The van der Waals surface area contributed by atoms with Crippen LogP contribution in [0.3, 0.4) is 0 Å². The molecule has 0 spiro atoms. The van der Waals surface area contributed by atoms with Gasteiger partial charge in [0.05, 0.1) is 6.54 Å². The molecule has 0 aliphatic rings. The molecule has 0 saturated carbocycles. The molecule has 1 aromatic rings. The van der Waals surface area contributed by atoms with Crippen molar-refractivity contribution >= 4 is 0 Å². The van der Waals surface area contributed by atoms with Crippen LogP contribution in [0.4, 0.5) is 0 Å². The van der Waals surface area contributed by atoms with E-state index in [1.165, 1.54) is 19.3 Å². The molecule has 1 N–H and O–H groups in total. The van der Waals surface area contributed by atoms with Gasteiger partial charge in [-0.25, -0.2) is 4.98 Å². The smallest absolute Gasteiger partial charge is 0.122 e. The Hall–Kier alpha value is -0.830. The van der Waals surface area contributed by atoms with Gasteiger partial charge in [-0.3, -0.25) is 0 Å². The minimum Gasteiger partial charge on any atom is -0.334 e. The second-order valence-corrected chi connectivity index (χ2v) is 5.35. The first-order chi connectivity index (χ1) is 7.53. The maximum Gasteiger partial charge on any atom is 0.122 e. The molecule has 0 unspecified atom stereocenters. The minimum absolute atomic E-state index is 0.153. The van der Waals surface area contributed by atoms with Gasteiger partial charge in [0, 0.05) is 24.5 Å². The molecule has 0 aliphatic heterocycles. The van der Waals surface area contributed by atoms with Crippen LogP contribution in [-0.2, 0) is 13.1 Å². The van der Waals surface area contributed by atoms with E-state index in [9.17, 15) is 0 Å². The van der Waals surface area contributed by atoms with Gasteiger partial charge in [0.1, 0.15) is 5.82 Å². The van der Waals surface area contributed by atoms with Crippen LogP contribution >= 0.6 is 0 Å². The maximum absolute atomic E-state index is 4.40. The molecule has 0 atom stereocenters. The first-order valence-electron chi connectivity index (χ1n) is 6.28. The summed E-state index contributed by atoms with van der Waals surface area (Å²) >= 11 is 0. The summed E-state index contributed by atoms with van der Waals surface area (Å²) in [5.74, 6) is 1.14. The van der Waals surface area contributed by atoms with E-state index in [2.05, 4.69) is 48.8 Å². The third-order valence-corrected chi connectivity index (χ3v) is 2.58. The summed E-state index contributed by atoms with van der Waals surface area (Å²) in [6.45, 7) is 10.7. The van der Waals surface area contributed by atoms with Crippen molar-refractivity contribution in [3.63, 3.8) is 0 Å². The Kier molecular flexibility index (Phi) is 5.00. The van der Waals surface area contributed by atoms with E-state index in [0.717, 1.165) is 18.9 Å². The Labute approximate surface area is 99.3 Å². The maximum atomic E-state index is 4.40. The molecule has 0 radical (unpaired) electrons. The zero-order valence-electron chi connectivity index (χ0n) is 11.1. The number of nitrogens with one attached hydrogen (secondary N) is 1. The predicted molar refractivity (Wildman–Crippen MR) is 68.3 cm³/mol. The fourth-order valence-corrected chi connectivity index (χ4v) is 1.59. The zero-order chi connectivity index (χ0) is 12.0. The molecule has 3 heteroatoms. The summed E-state index contributed by atoms with van der Waals surface area (Å²) in [6.07, 6.45) is 7.78. The van der Waals surface area contributed by atoms with Gasteiger partial charge in [0.15, 0.2) is 0 Å². The molecular weight excluding hydrogens is 198 g/mol. The Morgan fingerprint density at radius 3 is 2.69 bits per heavy atom. The standard InChI is InChI=1S/C13H25N3/c1-5-6-7-9-16-10-8-14-12(16)11-15-13(2,3)4/h8,10,15H,5-7,9,11H2,1-4H3. The van der Waals surface area contributed by atoms with Crippen LogP contribution in [0.15, 0.2) is 12.4 Å². The molecule has 0 amide bonds. The van der Waals surface area contributed by atoms with Crippen molar-refractivity contribution < 1.29 is 0 Å². The van der Waals surface area contributed by atoms with Crippen molar-refractivity contribution in [1.82, 2.24) is 14.9 Å². The Morgan fingerprint density at radius 2 is 2.06 bits per heavy atom. The topological polar surface area (TPSA) is 29.9 Å². The summed E-state index contributed by atoms with van der Waals surface area (Å²) in [6, 6.07) is 0. The second-order valence-electron chi connectivity index (χ2n) is 5.35. The number of imidazole rings is 1. The predicted octanol–water partition coefficient (Wildman–Crippen LogP) is 2.96. The highest BCUT2D eigenvalue weighted by Crippen LogP contribution is 2.05. The van der Waals surface area contributed by atoms with E-state index in [1.807, 2.05) is 6.20 Å². The van der Waals surface area contributed by atoms with Gasteiger partial charge in [-0.05, 0) is 27.2 Å². The minimum atomic E-state index is 0.153. The molecule has 0 bridgehead atoms. The highest BCUT2D eigenvalue weighted by atomic mass is 15.1. The van der Waals surface area contributed by atoms with Gasteiger partial charge < -0.3 is 9.88 Å². The molecule has 3 nitrogen and oxygen atoms in total. The fraction of sp³-hybridized carbons (Fsp3) is 0.769. The largest absolute Gasteiger partial charge is 0.334 e. The molecule has 1 rings (SSSR count). The Balaban J connectivity index is 2.44. The third kappa shape index (κ3) is 4.79. The van der Waals surface area contributed by atoms with Crippen molar-refractivity contribution in [2.45, 2.75) is 65.6 Å². The first kappa shape index (κ1) is 13.2. The quantitative estimate of drug-likeness (QED) is 0.751. The molecule has 0 fully saturated rings. The van der Waals surface area contributed by atoms with E-state index >= 15 is 0 Å². The van der Waals surface area contributed by atoms with Gasteiger partial charge in [0.25, 0.3) is 0 Å². The van der Waals surface area contributed by atoms with E-state index in [1.54, 1.807) is 0 Å². The molecule has 1 heterocycles. The second kappa shape index (κ2) is 6.04. The molecule has 1 aromatic heterocycles. The summed E-state index contributed by atoms with van der Waals surface area (Å²) in [5.41, 5.74) is 0.153. The van der Waals surface area contributed by atoms with Crippen LogP contribution < -0.4 is 5.32 Å². The molecule has 16 heavy (non-hydrogen) atoms. The lowest BCUT2D eigenvalue weighted by atomic mass is 10.1. The van der Waals surface area contributed by atoms with E-state index in [-0.39, 0.29) is 5.54 Å². The van der Waals surface area contributed by atoms with Crippen LogP contribution in [0.1, 0.15) is 52.8 Å². The monoisotopic (exact) mass is 223 g/mol. The zero-order valence-corrected chi connectivity index (χ0v) is 11.1. The van der Waals surface area contributed by atoms with Gasteiger partial charge in [-0.1, -0.05) is 19.8 Å². The number of nitrogens with zero attached hydrogens (tertiary/aromatic N) is 2. The fourth-order valence-electron chi connectivity index (χ4n) is 1.59. The van der Waals surface area contributed by atoms with Gasteiger partial charge in [-0.15, -0.1) is 0 Å². The van der Waals surface area contributed by atoms with E-state index in [0.29, 0.717) is 0 Å². The van der Waals surface area contributed by atoms with E-state index < -0.39 is 0 Å². The van der Waals surface area contributed by atoms with Gasteiger partial charge in [-0.2, -0.15) is 0 Å². The number of hydrogen-bond acceptors (Lipinski definition) is 2. The summed E-state index contributed by atoms with van der Waals surface area (Å²) in [5, 5.41) is 3.47. The first-order valence-corrected chi connectivity index (χ1v) is 6.28.